The number of nitrogens with two attached hydrogens (primary N) is 1. The van der Waals surface area contributed by atoms with Crippen LogP contribution in [0.5, 0.6) is 0 Å². The molecular weight excluding hydrogens is 304 g/mol. The number of benzene rings is 1. The Morgan fingerprint density at radius 2 is 2.20 bits per heavy atom. The number of halogens is 1. The molecule has 1 aromatic rings. The minimum atomic E-state index is -3.72. The van der Waals surface area contributed by atoms with Gasteiger partial charge in [0.1, 0.15) is 4.90 Å². The summed E-state index contributed by atoms with van der Waals surface area (Å²) in [5, 5.41) is 0.0755. The second kappa shape index (κ2) is 5.59. The first-order valence-electron chi connectivity index (χ1n) is 5.99. The molecule has 2 N–H and O–H groups in total. The first-order chi connectivity index (χ1) is 9.36. The Kier molecular flexibility index (Phi) is 4.22. The summed E-state index contributed by atoms with van der Waals surface area (Å²) in [6, 6.07) is 4.24. The van der Waals surface area contributed by atoms with E-state index in [1.807, 2.05) is 0 Å². The Morgan fingerprint density at radius 3 is 2.80 bits per heavy atom. The zero-order valence-electron chi connectivity index (χ0n) is 10.9. The number of hydrogen-bond acceptors (Lipinski definition) is 5. The average Bonchev–Trinajstić information content (AvgIpc) is 2.87. The van der Waals surface area contributed by atoms with Crippen molar-refractivity contribution in [2.24, 2.45) is 5.92 Å². The molecule has 20 heavy (non-hydrogen) atoms. The van der Waals surface area contributed by atoms with Crippen LogP contribution in [-0.4, -0.2) is 38.9 Å². The molecule has 2 rings (SSSR count). The lowest BCUT2D eigenvalue weighted by molar-refractivity contribution is -0.144. The van der Waals surface area contributed by atoms with Crippen molar-refractivity contribution in [3.05, 3.63) is 23.2 Å². The van der Waals surface area contributed by atoms with Crippen LogP contribution in [0.15, 0.2) is 23.1 Å². The van der Waals surface area contributed by atoms with Crippen LogP contribution in [0.4, 0.5) is 5.69 Å². The molecule has 0 saturated carbocycles. The van der Waals surface area contributed by atoms with Gasteiger partial charge in [-0.3, -0.25) is 4.79 Å². The van der Waals surface area contributed by atoms with Gasteiger partial charge in [0, 0.05) is 18.8 Å². The number of ether oxygens (including phenoxy) is 1. The molecule has 0 spiro atoms. The molecule has 6 nitrogen and oxygen atoms in total. The van der Waals surface area contributed by atoms with Crippen molar-refractivity contribution in [3.63, 3.8) is 0 Å². The average molecular weight is 319 g/mol. The van der Waals surface area contributed by atoms with Crippen LogP contribution in [0.3, 0.4) is 0 Å². The van der Waals surface area contributed by atoms with E-state index in [4.69, 9.17) is 17.3 Å². The maximum absolute atomic E-state index is 12.5. The summed E-state index contributed by atoms with van der Waals surface area (Å²) in [6.07, 6.45) is 0.443. The molecule has 110 valence electrons. The molecule has 1 unspecified atom stereocenters. The van der Waals surface area contributed by atoms with Gasteiger partial charge in [0.2, 0.25) is 10.0 Å². The van der Waals surface area contributed by atoms with Crippen LogP contribution >= 0.6 is 11.6 Å². The fraction of sp³-hybridized carbons (Fsp3) is 0.417. The molecule has 0 amide bonds. The van der Waals surface area contributed by atoms with E-state index in [2.05, 4.69) is 4.74 Å². The Balaban J connectivity index is 2.26. The number of sulfonamides is 1. The topological polar surface area (TPSA) is 89.7 Å². The van der Waals surface area contributed by atoms with Gasteiger partial charge in [-0.15, -0.1) is 0 Å². The zero-order valence-corrected chi connectivity index (χ0v) is 12.4. The van der Waals surface area contributed by atoms with E-state index in [1.54, 1.807) is 0 Å². The van der Waals surface area contributed by atoms with Gasteiger partial charge in [0.05, 0.1) is 18.1 Å². The number of anilines is 1. The van der Waals surface area contributed by atoms with Gasteiger partial charge in [-0.1, -0.05) is 11.6 Å². The first-order valence-corrected chi connectivity index (χ1v) is 7.81. The van der Waals surface area contributed by atoms with Crippen molar-refractivity contribution in [1.29, 1.82) is 0 Å². The summed E-state index contributed by atoms with van der Waals surface area (Å²) in [4.78, 5) is 11.4. The molecule has 1 saturated heterocycles. The number of nitrogens with zero attached hydrogens (tertiary/aromatic N) is 1. The normalized spacial score (nSPS) is 20.0. The Bertz CT molecular complexity index is 632. The highest BCUT2D eigenvalue weighted by Gasteiger charge is 2.37. The maximum atomic E-state index is 12.5. The fourth-order valence-electron chi connectivity index (χ4n) is 2.17. The minimum Gasteiger partial charge on any atom is -0.469 e. The van der Waals surface area contributed by atoms with Crippen molar-refractivity contribution in [2.45, 2.75) is 11.3 Å². The van der Waals surface area contributed by atoms with Gasteiger partial charge in [0.15, 0.2) is 0 Å². The lowest BCUT2D eigenvalue weighted by atomic mass is 10.1. The van der Waals surface area contributed by atoms with E-state index in [1.165, 1.54) is 29.6 Å². The van der Waals surface area contributed by atoms with Gasteiger partial charge < -0.3 is 10.5 Å². The van der Waals surface area contributed by atoms with E-state index in [9.17, 15) is 13.2 Å². The first kappa shape index (κ1) is 15.1. The third kappa shape index (κ3) is 2.74. The molecule has 0 bridgehead atoms. The van der Waals surface area contributed by atoms with E-state index in [0.29, 0.717) is 12.1 Å². The van der Waals surface area contributed by atoms with Crippen molar-refractivity contribution >= 4 is 33.3 Å². The number of carbonyl (C=O) groups excluding carboxylic acids is 1. The van der Waals surface area contributed by atoms with Gasteiger partial charge in [-0.2, -0.15) is 4.31 Å². The third-order valence-electron chi connectivity index (χ3n) is 3.26. The Labute approximate surface area is 122 Å². The number of rotatable bonds is 3. The predicted molar refractivity (Wildman–Crippen MR) is 74.7 cm³/mol. The number of esters is 1. The molecule has 0 radical (unpaired) electrons. The second-order valence-electron chi connectivity index (χ2n) is 4.56. The van der Waals surface area contributed by atoms with E-state index in [0.717, 1.165) is 0 Å². The van der Waals surface area contributed by atoms with Gasteiger partial charge in [-0.05, 0) is 24.6 Å². The van der Waals surface area contributed by atoms with E-state index < -0.39 is 21.9 Å². The summed E-state index contributed by atoms with van der Waals surface area (Å²) in [6.45, 7) is 0.374. The highest BCUT2D eigenvalue weighted by molar-refractivity contribution is 7.89. The van der Waals surface area contributed by atoms with Crippen LogP contribution in [0.25, 0.3) is 0 Å². The molecule has 1 aliphatic rings. The molecule has 8 heteroatoms. The highest BCUT2D eigenvalue weighted by atomic mass is 35.5. The van der Waals surface area contributed by atoms with Crippen LogP contribution in [0, 0.1) is 5.92 Å². The Morgan fingerprint density at radius 1 is 1.50 bits per heavy atom. The number of nitrogen functional groups attached to an aromatic ring is 1. The van der Waals surface area contributed by atoms with Gasteiger partial charge >= 0.3 is 5.97 Å². The van der Waals surface area contributed by atoms with Crippen molar-refractivity contribution in [1.82, 2.24) is 4.31 Å². The molecule has 0 aliphatic carbocycles. The monoisotopic (exact) mass is 318 g/mol. The summed E-state index contributed by atoms with van der Waals surface area (Å²) in [5.74, 6) is -0.826. The highest BCUT2D eigenvalue weighted by Crippen LogP contribution is 2.30. The summed E-state index contributed by atoms with van der Waals surface area (Å²) in [7, 11) is -2.43. The molecule has 0 aromatic heterocycles. The smallest absolute Gasteiger partial charge is 0.310 e. The standard InChI is InChI=1S/C12H15ClN2O4S/c1-19-12(16)8-4-5-15(7-8)20(17,18)11-3-2-9(14)6-10(11)13/h2-3,6,8H,4-5,7,14H2,1H3. The molecular formula is C12H15ClN2O4S. The number of hydrogen-bond donors (Lipinski definition) is 1. The third-order valence-corrected chi connectivity index (χ3v) is 5.61. The lowest BCUT2D eigenvalue weighted by Crippen LogP contribution is -2.30. The van der Waals surface area contributed by atoms with Crippen molar-refractivity contribution in [3.8, 4) is 0 Å². The molecule has 1 heterocycles. The Hall–Kier alpha value is -1.31. The summed E-state index contributed by atoms with van der Waals surface area (Å²) >= 11 is 5.94. The predicted octanol–water partition coefficient (Wildman–Crippen LogP) is 1.11. The zero-order chi connectivity index (χ0) is 14.9. The summed E-state index contributed by atoms with van der Waals surface area (Å²) in [5.41, 5.74) is 5.94. The van der Waals surface area contributed by atoms with Crippen LogP contribution in [-0.2, 0) is 19.6 Å². The molecule has 1 aromatic carbocycles. The number of methoxy groups -OCH3 is 1. The fourth-order valence-corrected chi connectivity index (χ4v) is 4.20. The molecule has 1 atom stereocenters. The van der Waals surface area contributed by atoms with Crippen LogP contribution < -0.4 is 5.73 Å². The van der Waals surface area contributed by atoms with Crippen molar-refractivity contribution < 1.29 is 17.9 Å². The molecule has 1 fully saturated rings. The van der Waals surface area contributed by atoms with Crippen LogP contribution in [0.1, 0.15) is 6.42 Å². The maximum Gasteiger partial charge on any atom is 0.310 e. The lowest BCUT2D eigenvalue weighted by Gasteiger charge is -2.17. The molecule has 1 aliphatic heterocycles. The second-order valence-corrected chi connectivity index (χ2v) is 6.88. The summed E-state index contributed by atoms with van der Waals surface area (Å²) < 4.78 is 30.8. The van der Waals surface area contributed by atoms with Crippen LogP contribution in [0.2, 0.25) is 5.02 Å². The van der Waals surface area contributed by atoms with Gasteiger partial charge in [0.25, 0.3) is 0 Å². The van der Waals surface area contributed by atoms with E-state index in [-0.39, 0.29) is 23.0 Å². The largest absolute Gasteiger partial charge is 0.469 e. The van der Waals surface area contributed by atoms with Crippen molar-refractivity contribution in [2.75, 3.05) is 25.9 Å². The minimum absolute atomic E-state index is 0.00103. The SMILES string of the molecule is COC(=O)C1CCN(S(=O)(=O)c2ccc(N)cc2Cl)C1. The number of carbonyl (C=O) groups is 1. The quantitative estimate of drug-likeness (QED) is 0.666. The van der Waals surface area contributed by atoms with E-state index >= 15 is 0 Å². The van der Waals surface area contributed by atoms with Gasteiger partial charge in [-0.25, -0.2) is 8.42 Å².